The minimum Gasteiger partial charge on any atom is -0.458 e. The third kappa shape index (κ3) is 2.51. The van der Waals surface area contributed by atoms with E-state index in [-0.39, 0.29) is 12.5 Å². The zero-order valence-electron chi connectivity index (χ0n) is 9.40. The predicted octanol–water partition coefficient (Wildman–Crippen LogP) is 2.51. The van der Waals surface area contributed by atoms with E-state index in [0.29, 0.717) is 16.8 Å². The second-order valence-corrected chi connectivity index (χ2v) is 4.54. The van der Waals surface area contributed by atoms with Crippen molar-refractivity contribution in [3.8, 4) is 0 Å². The van der Waals surface area contributed by atoms with Crippen LogP contribution in [0.1, 0.15) is 5.56 Å². The Morgan fingerprint density at radius 2 is 2.28 bits per heavy atom. The molecule has 1 aliphatic heterocycles. The number of carbonyl (C=O) groups excluding carboxylic acids is 2. The van der Waals surface area contributed by atoms with Crippen LogP contribution in [-0.4, -0.2) is 18.5 Å². The van der Waals surface area contributed by atoms with Crippen molar-refractivity contribution in [2.24, 2.45) is 0 Å². The Bertz CT molecular complexity index is 563. The lowest BCUT2D eigenvalue weighted by Crippen LogP contribution is -2.07. The number of anilines is 1. The largest absolute Gasteiger partial charge is 0.458 e. The van der Waals surface area contributed by atoms with Crippen LogP contribution in [0.4, 0.5) is 5.69 Å². The maximum absolute atomic E-state index is 11.7. The zero-order chi connectivity index (χ0) is 13.1. The minimum absolute atomic E-state index is 0.121. The van der Waals surface area contributed by atoms with Crippen LogP contribution in [-0.2, 0) is 14.3 Å². The molecule has 92 valence electrons. The molecule has 5 heteroatoms. The number of halogens is 1. The molecular formula is C13H10BrNO3. The highest BCUT2D eigenvalue weighted by Gasteiger charge is 2.25. The van der Waals surface area contributed by atoms with Gasteiger partial charge in [-0.05, 0) is 18.2 Å². The SMILES string of the molecule is C=CCOC(=O)C=C1C(=O)Nc2ccc(Br)cc21. The molecule has 0 bridgehead atoms. The van der Waals surface area contributed by atoms with E-state index in [0.717, 1.165) is 4.47 Å². The lowest BCUT2D eigenvalue weighted by molar-refractivity contribution is -0.136. The second-order valence-electron chi connectivity index (χ2n) is 3.62. The summed E-state index contributed by atoms with van der Waals surface area (Å²) in [7, 11) is 0. The maximum atomic E-state index is 11.7. The van der Waals surface area contributed by atoms with Gasteiger partial charge in [0.25, 0.3) is 5.91 Å². The van der Waals surface area contributed by atoms with Gasteiger partial charge in [-0.1, -0.05) is 28.6 Å². The predicted molar refractivity (Wildman–Crippen MR) is 71.9 cm³/mol. The molecule has 1 aromatic carbocycles. The Labute approximate surface area is 112 Å². The number of hydrogen-bond donors (Lipinski definition) is 1. The highest BCUT2D eigenvalue weighted by atomic mass is 79.9. The van der Waals surface area contributed by atoms with Crippen LogP contribution >= 0.6 is 15.9 Å². The molecule has 2 rings (SSSR count). The second kappa shape index (κ2) is 5.18. The number of esters is 1. The van der Waals surface area contributed by atoms with Crippen molar-refractivity contribution in [3.63, 3.8) is 0 Å². The van der Waals surface area contributed by atoms with Crippen molar-refractivity contribution in [1.29, 1.82) is 0 Å². The molecule has 0 atom stereocenters. The van der Waals surface area contributed by atoms with Gasteiger partial charge in [0.15, 0.2) is 0 Å². The fraction of sp³-hybridized carbons (Fsp3) is 0.0769. The molecule has 0 unspecified atom stereocenters. The first-order valence-electron chi connectivity index (χ1n) is 5.22. The molecule has 0 radical (unpaired) electrons. The summed E-state index contributed by atoms with van der Waals surface area (Å²) in [6.07, 6.45) is 2.66. The van der Waals surface area contributed by atoms with Crippen molar-refractivity contribution in [2.75, 3.05) is 11.9 Å². The van der Waals surface area contributed by atoms with Crippen LogP contribution in [0, 0.1) is 0 Å². The topological polar surface area (TPSA) is 55.4 Å². The van der Waals surface area contributed by atoms with Gasteiger partial charge in [0.2, 0.25) is 0 Å². The molecule has 1 N–H and O–H groups in total. The molecule has 0 saturated carbocycles. The van der Waals surface area contributed by atoms with E-state index in [1.54, 1.807) is 12.1 Å². The first-order chi connectivity index (χ1) is 8.61. The number of carbonyl (C=O) groups is 2. The van der Waals surface area contributed by atoms with Gasteiger partial charge in [-0.15, -0.1) is 0 Å². The Kier molecular flexibility index (Phi) is 3.62. The van der Waals surface area contributed by atoms with Crippen LogP contribution in [0.5, 0.6) is 0 Å². The molecular weight excluding hydrogens is 298 g/mol. The van der Waals surface area contributed by atoms with Crippen LogP contribution in [0.25, 0.3) is 5.57 Å². The quantitative estimate of drug-likeness (QED) is 0.530. The van der Waals surface area contributed by atoms with Crippen molar-refractivity contribution in [1.82, 2.24) is 0 Å². The number of rotatable bonds is 3. The standard InChI is InChI=1S/C13H10BrNO3/c1-2-5-18-12(16)7-10-9-6-8(14)3-4-11(9)15-13(10)17/h2-4,6-7H,1,5H2,(H,15,17). The van der Waals surface area contributed by atoms with E-state index >= 15 is 0 Å². The summed E-state index contributed by atoms with van der Waals surface area (Å²) >= 11 is 3.32. The minimum atomic E-state index is -0.562. The van der Waals surface area contributed by atoms with Crippen molar-refractivity contribution < 1.29 is 14.3 Å². The number of hydrogen-bond acceptors (Lipinski definition) is 3. The monoisotopic (exact) mass is 307 g/mol. The van der Waals surface area contributed by atoms with E-state index in [1.165, 1.54) is 12.2 Å². The molecule has 1 amide bonds. The van der Waals surface area contributed by atoms with E-state index in [2.05, 4.69) is 27.8 Å². The van der Waals surface area contributed by atoms with Crippen LogP contribution < -0.4 is 5.32 Å². The molecule has 0 saturated heterocycles. The number of benzene rings is 1. The molecule has 0 aromatic heterocycles. The Morgan fingerprint density at radius 3 is 3.00 bits per heavy atom. The Balaban J connectivity index is 2.32. The number of amides is 1. The van der Waals surface area contributed by atoms with Gasteiger partial charge in [0, 0.05) is 21.8 Å². The Hall–Kier alpha value is -1.88. The van der Waals surface area contributed by atoms with Gasteiger partial charge in [0.05, 0.1) is 5.57 Å². The van der Waals surface area contributed by atoms with Gasteiger partial charge >= 0.3 is 5.97 Å². The van der Waals surface area contributed by atoms with Gasteiger partial charge < -0.3 is 10.1 Å². The van der Waals surface area contributed by atoms with E-state index in [4.69, 9.17) is 4.74 Å². The summed E-state index contributed by atoms with van der Waals surface area (Å²) in [6.45, 7) is 3.56. The molecule has 1 aromatic rings. The highest BCUT2D eigenvalue weighted by Crippen LogP contribution is 2.33. The highest BCUT2D eigenvalue weighted by molar-refractivity contribution is 9.10. The van der Waals surface area contributed by atoms with Gasteiger partial charge in [-0.25, -0.2) is 4.79 Å². The molecule has 0 fully saturated rings. The zero-order valence-corrected chi connectivity index (χ0v) is 11.0. The molecule has 4 nitrogen and oxygen atoms in total. The van der Waals surface area contributed by atoms with Crippen molar-refractivity contribution in [3.05, 3.63) is 47.0 Å². The van der Waals surface area contributed by atoms with Gasteiger partial charge in [0.1, 0.15) is 6.61 Å². The lowest BCUT2D eigenvalue weighted by Gasteiger charge is -1.99. The first kappa shape index (κ1) is 12.6. The molecule has 18 heavy (non-hydrogen) atoms. The first-order valence-corrected chi connectivity index (χ1v) is 6.01. The summed E-state index contributed by atoms with van der Waals surface area (Å²) in [5.74, 6) is -0.869. The third-order valence-electron chi connectivity index (χ3n) is 2.37. The summed E-state index contributed by atoms with van der Waals surface area (Å²) in [5, 5.41) is 2.68. The fourth-order valence-electron chi connectivity index (χ4n) is 1.60. The van der Waals surface area contributed by atoms with Gasteiger partial charge in [-0.2, -0.15) is 0 Å². The molecule has 0 aliphatic carbocycles. The number of nitrogens with one attached hydrogen (secondary N) is 1. The summed E-state index contributed by atoms with van der Waals surface area (Å²) in [5.41, 5.74) is 1.68. The lowest BCUT2D eigenvalue weighted by atomic mass is 10.1. The Morgan fingerprint density at radius 1 is 1.50 bits per heavy atom. The van der Waals surface area contributed by atoms with E-state index in [1.807, 2.05) is 6.07 Å². The number of ether oxygens (including phenoxy) is 1. The normalized spacial score (nSPS) is 15.2. The van der Waals surface area contributed by atoms with E-state index in [9.17, 15) is 9.59 Å². The molecule has 1 heterocycles. The van der Waals surface area contributed by atoms with Crippen LogP contribution in [0.2, 0.25) is 0 Å². The van der Waals surface area contributed by atoms with E-state index < -0.39 is 5.97 Å². The third-order valence-corrected chi connectivity index (χ3v) is 2.86. The summed E-state index contributed by atoms with van der Waals surface area (Å²) < 4.78 is 5.66. The van der Waals surface area contributed by atoms with Crippen molar-refractivity contribution in [2.45, 2.75) is 0 Å². The number of fused-ring (bicyclic) bond motifs is 1. The fourth-order valence-corrected chi connectivity index (χ4v) is 1.97. The molecule has 0 spiro atoms. The van der Waals surface area contributed by atoms with Crippen molar-refractivity contribution >= 4 is 39.1 Å². The average Bonchev–Trinajstić information content (AvgIpc) is 2.63. The molecule has 1 aliphatic rings. The van der Waals surface area contributed by atoms with Crippen LogP contribution in [0.15, 0.2) is 41.4 Å². The van der Waals surface area contributed by atoms with Crippen LogP contribution in [0.3, 0.4) is 0 Å². The van der Waals surface area contributed by atoms with Gasteiger partial charge in [-0.3, -0.25) is 4.79 Å². The summed E-state index contributed by atoms with van der Waals surface area (Å²) in [4.78, 5) is 23.2. The smallest absolute Gasteiger partial charge is 0.331 e. The average molecular weight is 308 g/mol. The maximum Gasteiger partial charge on any atom is 0.331 e. The summed E-state index contributed by atoms with van der Waals surface area (Å²) in [6, 6.07) is 5.37.